The highest BCUT2D eigenvalue weighted by molar-refractivity contribution is 5.81. The second kappa shape index (κ2) is 9.37. The van der Waals surface area contributed by atoms with E-state index in [0.29, 0.717) is 25.7 Å². The van der Waals surface area contributed by atoms with Gasteiger partial charge in [0.2, 0.25) is 5.91 Å². The molecule has 0 atom stereocenters. The molecule has 21 heavy (non-hydrogen) atoms. The second-order valence-corrected chi connectivity index (χ2v) is 5.40. The summed E-state index contributed by atoms with van der Waals surface area (Å²) in [4.78, 5) is 13.7. The van der Waals surface area contributed by atoms with Crippen LogP contribution in [0.15, 0.2) is 24.3 Å². The number of carbonyl (C=O) groups is 1. The third kappa shape index (κ3) is 7.11. The number of methoxy groups -OCH3 is 1. The zero-order chi connectivity index (χ0) is 15.7. The molecule has 5 nitrogen and oxygen atoms in total. The van der Waals surface area contributed by atoms with Crippen LogP contribution in [0.4, 0.5) is 5.69 Å². The predicted molar refractivity (Wildman–Crippen MR) is 86.6 cm³/mol. The van der Waals surface area contributed by atoms with E-state index < -0.39 is 0 Å². The Bertz CT molecular complexity index is 418. The fourth-order valence-corrected chi connectivity index (χ4v) is 1.85. The first-order chi connectivity index (χ1) is 10.0. The largest absolute Gasteiger partial charge is 0.383 e. The van der Waals surface area contributed by atoms with Crippen LogP contribution in [0.3, 0.4) is 0 Å². The maximum absolute atomic E-state index is 11.7. The molecule has 0 unspecified atom stereocenters. The highest BCUT2D eigenvalue weighted by Crippen LogP contribution is 2.13. The van der Waals surface area contributed by atoms with Crippen molar-refractivity contribution in [3.8, 4) is 0 Å². The standard InChI is InChI=1S/C16H27N3O2/c1-13(2)18-11-14-5-7-15(8-6-14)19(3)12-16(20)17-9-10-21-4/h5-8,13,18H,9-12H2,1-4H3,(H,17,20). The summed E-state index contributed by atoms with van der Waals surface area (Å²) in [6, 6.07) is 8.73. The van der Waals surface area contributed by atoms with Crippen LogP contribution >= 0.6 is 0 Å². The van der Waals surface area contributed by atoms with E-state index in [0.717, 1.165) is 12.2 Å². The van der Waals surface area contributed by atoms with Crippen molar-refractivity contribution in [1.82, 2.24) is 10.6 Å². The highest BCUT2D eigenvalue weighted by Gasteiger charge is 2.07. The van der Waals surface area contributed by atoms with Gasteiger partial charge in [-0.05, 0) is 17.7 Å². The zero-order valence-electron chi connectivity index (χ0n) is 13.5. The first-order valence-electron chi connectivity index (χ1n) is 7.32. The number of ether oxygens (including phenoxy) is 1. The van der Waals surface area contributed by atoms with Gasteiger partial charge in [0, 0.05) is 39.0 Å². The van der Waals surface area contributed by atoms with Gasteiger partial charge in [-0.3, -0.25) is 4.79 Å². The quantitative estimate of drug-likeness (QED) is 0.676. The Kier molecular flexibility index (Phi) is 7.79. The van der Waals surface area contributed by atoms with Crippen molar-refractivity contribution in [2.45, 2.75) is 26.4 Å². The van der Waals surface area contributed by atoms with Crippen molar-refractivity contribution in [3.63, 3.8) is 0 Å². The van der Waals surface area contributed by atoms with E-state index in [1.165, 1.54) is 5.56 Å². The third-order valence-electron chi connectivity index (χ3n) is 3.10. The average Bonchev–Trinajstić information content (AvgIpc) is 2.45. The minimum absolute atomic E-state index is 0.0000935. The monoisotopic (exact) mass is 293 g/mol. The van der Waals surface area contributed by atoms with Crippen molar-refractivity contribution >= 4 is 11.6 Å². The SMILES string of the molecule is COCCNC(=O)CN(C)c1ccc(CNC(C)C)cc1. The summed E-state index contributed by atoms with van der Waals surface area (Å²) < 4.78 is 4.90. The topological polar surface area (TPSA) is 53.6 Å². The predicted octanol–water partition coefficient (Wildman–Crippen LogP) is 1.38. The van der Waals surface area contributed by atoms with Crippen LogP contribution in [0.1, 0.15) is 19.4 Å². The van der Waals surface area contributed by atoms with Gasteiger partial charge in [-0.1, -0.05) is 26.0 Å². The summed E-state index contributed by atoms with van der Waals surface area (Å²) in [5, 5.41) is 6.19. The number of nitrogens with zero attached hydrogens (tertiary/aromatic N) is 1. The Morgan fingerprint density at radius 2 is 1.95 bits per heavy atom. The molecule has 1 rings (SSSR count). The molecule has 0 aromatic heterocycles. The van der Waals surface area contributed by atoms with Gasteiger partial charge in [0.05, 0.1) is 13.2 Å². The summed E-state index contributed by atoms with van der Waals surface area (Å²) >= 11 is 0. The fourth-order valence-electron chi connectivity index (χ4n) is 1.85. The Morgan fingerprint density at radius 3 is 2.52 bits per heavy atom. The lowest BCUT2D eigenvalue weighted by atomic mass is 10.2. The van der Waals surface area contributed by atoms with E-state index in [9.17, 15) is 4.79 Å². The number of anilines is 1. The van der Waals surface area contributed by atoms with Crippen molar-refractivity contribution < 1.29 is 9.53 Å². The molecule has 5 heteroatoms. The molecule has 0 bridgehead atoms. The molecule has 1 amide bonds. The van der Waals surface area contributed by atoms with Crippen LogP contribution in [0.5, 0.6) is 0 Å². The number of hydrogen-bond acceptors (Lipinski definition) is 4. The van der Waals surface area contributed by atoms with E-state index in [1.54, 1.807) is 7.11 Å². The minimum Gasteiger partial charge on any atom is -0.383 e. The Hall–Kier alpha value is -1.59. The van der Waals surface area contributed by atoms with Gasteiger partial charge in [0.1, 0.15) is 0 Å². The van der Waals surface area contributed by atoms with Crippen LogP contribution in [0.2, 0.25) is 0 Å². The molecule has 2 N–H and O–H groups in total. The smallest absolute Gasteiger partial charge is 0.239 e. The molecule has 0 aliphatic rings. The molecule has 1 aromatic rings. The molecule has 0 fully saturated rings. The first-order valence-corrected chi connectivity index (χ1v) is 7.32. The number of likely N-dealkylation sites (N-methyl/N-ethyl adjacent to an activating group) is 1. The Balaban J connectivity index is 2.43. The maximum Gasteiger partial charge on any atom is 0.239 e. The number of carbonyl (C=O) groups excluding carboxylic acids is 1. The van der Waals surface area contributed by atoms with Crippen molar-refractivity contribution in [1.29, 1.82) is 0 Å². The number of hydrogen-bond donors (Lipinski definition) is 2. The molecule has 0 aliphatic carbocycles. The summed E-state index contributed by atoms with van der Waals surface area (Å²) in [6.07, 6.45) is 0. The lowest BCUT2D eigenvalue weighted by Crippen LogP contribution is -2.36. The van der Waals surface area contributed by atoms with E-state index in [1.807, 2.05) is 24.1 Å². The van der Waals surface area contributed by atoms with Crippen molar-refractivity contribution in [2.75, 3.05) is 38.8 Å². The molecule has 0 saturated carbocycles. The summed E-state index contributed by atoms with van der Waals surface area (Å²) in [5.74, 6) is 0.0000935. The molecule has 0 spiro atoms. The lowest BCUT2D eigenvalue weighted by Gasteiger charge is -2.19. The van der Waals surface area contributed by atoms with Gasteiger partial charge in [-0.15, -0.1) is 0 Å². The molecule has 0 saturated heterocycles. The van der Waals surface area contributed by atoms with Gasteiger partial charge in [-0.25, -0.2) is 0 Å². The van der Waals surface area contributed by atoms with Gasteiger partial charge in [0.25, 0.3) is 0 Å². The molecule has 0 aliphatic heterocycles. The number of amides is 1. The normalized spacial score (nSPS) is 10.7. The molecule has 1 aromatic carbocycles. The van der Waals surface area contributed by atoms with Gasteiger partial charge in [-0.2, -0.15) is 0 Å². The van der Waals surface area contributed by atoms with E-state index in [4.69, 9.17) is 4.74 Å². The second-order valence-electron chi connectivity index (χ2n) is 5.40. The zero-order valence-corrected chi connectivity index (χ0v) is 13.5. The number of rotatable bonds is 9. The van der Waals surface area contributed by atoms with Gasteiger partial charge >= 0.3 is 0 Å². The van der Waals surface area contributed by atoms with Crippen LogP contribution < -0.4 is 15.5 Å². The Morgan fingerprint density at radius 1 is 1.29 bits per heavy atom. The van der Waals surface area contributed by atoms with Crippen LogP contribution in [0, 0.1) is 0 Å². The maximum atomic E-state index is 11.7. The summed E-state index contributed by atoms with van der Waals surface area (Å²) in [5.41, 5.74) is 2.27. The van der Waals surface area contributed by atoms with Gasteiger partial charge < -0.3 is 20.3 Å². The highest BCUT2D eigenvalue weighted by atomic mass is 16.5. The van der Waals surface area contributed by atoms with Crippen LogP contribution in [-0.2, 0) is 16.1 Å². The molecular weight excluding hydrogens is 266 g/mol. The van der Waals surface area contributed by atoms with Crippen molar-refractivity contribution in [2.24, 2.45) is 0 Å². The van der Waals surface area contributed by atoms with E-state index in [2.05, 4.69) is 36.6 Å². The van der Waals surface area contributed by atoms with Gasteiger partial charge in [0.15, 0.2) is 0 Å². The van der Waals surface area contributed by atoms with Crippen molar-refractivity contribution in [3.05, 3.63) is 29.8 Å². The number of nitrogens with one attached hydrogen (secondary N) is 2. The van der Waals surface area contributed by atoms with Crippen LogP contribution in [0.25, 0.3) is 0 Å². The number of benzene rings is 1. The minimum atomic E-state index is 0.0000935. The van der Waals surface area contributed by atoms with E-state index in [-0.39, 0.29) is 5.91 Å². The first kappa shape index (κ1) is 17.5. The third-order valence-corrected chi connectivity index (χ3v) is 3.10. The fraction of sp³-hybridized carbons (Fsp3) is 0.562. The average molecular weight is 293 g/mol. The Labute approximate surface area is 127 Å². The van der Waals surface area contributed by atoms with E-state index >= 15 is 0 Å². The lowest BCUT2D eigenvalue weighted by molar-refractivity contribution is -0.119. The molecular formula is C16H27N3O2. The molecule has 118 valence electrons. The summed E-state index contributed by atoms with van der Waals surface area (Å²) in [6.45, 7) is 6.54. The van der Waals surface area contributed by atoms with Crippen LogP contribution in [-0.4, -0.2) is 45.8 Å². The molecule has 0 heterocycles. The molecule has 0 radical (unpaired) electrons. The summed E-state index contributed by atoms with van der Waals surface area (Å²) in [7, 11) is 3.53.